The van der Waals surface area contributed by atoms with E-state index in [2.05, 4.69) is 5.10 Å². The maximum Gasteiger partial charge on any atom is 0.318 e. The van der Waals surface area contributed by atoms with Gasteiger partial charge >= 0.3 is 5.97 Å². The summed E-state index contributed by atoms with van der Waals surface area (Å²) in [6.07, 6.45) is 1.38. The summed E-state index contributed by atoms with van der Waals surface area (Å²) in [5, 5.41) is 12.7. The highest BCUT2D eigenvalue weighted by molar-refractivity contribution is 7.89. The number of rotatable bonds is 6. The number of sulfonamides is 1. The Balaban J connectivity index is 3.21. The summed E-state index contributed by atoms with van der Waals surface area (Å²) in [6.45, 7) is 4.87. The fraction of sp³-hybridized carbons (Fsp3) is 0.600. The third-order valence-corrected chi connectivity index (χ3v) is 4.46. The van der Waals surface area contributed by atoms with E-state index >= 15 is 0 Å². The van der Waals surface area contributed by atoms with Crippen LogP contribution in [0.1, 0.15) is 20.8 Å². The predicted molar refractivity (Wildman–Crippen MR) is 64.6 cm³/mol. The highest BCUT2D eigenvalue weighted by Crippen LogP contribution is 2.17. The quantitative estimate of drug-likeness (QED) is 0.810. The van der Waals surface area contributed by atoms with Crippen LogP contribution in [0.4, 0.5) is 0 Å². The van der Waals surface area contributed by atoms with E-state index in [1.165, 1.54) is 16.9 Å². The zero-order chi connectivity index (χ0) is 13.9. The molecule has 0 saturated carbocycles. The molecular formula is C10H17N3O4S. The second-order valence-electron chi connectivity index (χ2n) is 4.02. The van der Waals surface area contributed by atoms with Crippen molar-refractivity contribution in [3.8, 4) is 0 Å². The van der Waals surface area contributed by atoms with Gasteiger partial charge in [0.1, 0.15) is 6.54 Å². The molecule has 1 N–H and O–H groups in total. The van der Waals surface area contributed by atoms with Crippen LogP contribution >= 0.6 is 0 Å². The second-order valence-corrected chi connectivity index (χ2v) is 5.86. The summed E-state index contributed by atoms with van der Waals surface area (Å²) < 4.78 is 27.0. The Kier molecular flexibility index (Phi) is 4.47. The van der Waals surface area contributed by atoms with E-state index in [1.807, 2.05) is 0 Å². The van der Waals surface area contributed by atoms with E-state index in [-0.39, 0.29) is 5.03 Å². The van der Waals surface area contributed by atoms with E-state index in [1.54, 1.807) is 20.8 Å². The van der Waals surface area contributed by atoms with E-state index in [4.69, 9.17) is 5.11 Å². The van der Waals surface area contributed by atoms with Crippen molar-refractivity contribution < 1.29 is 18.3 Å². The van der Waals surface area contributed by atoms with Gasteiger partial charge in [-0.15, -0.1) is 0 Å². The van der Waals surface area contributed by atoms with Gasteiger partial charge in [-0.1, -0.05) is 0 Å². The Hall–Kier alpha value is -1.41. The Labute approximate surface area is 106 Å². The minimum Gasteiger partial charge on any atom is -0.480 e. The van der Waals surface area contributed by atoms with Crippen LogP contribution < -0.4 is 0 Å². The van der Waals surface area contributed by atoms with Crippen LogP contribution in [0.25, 0.3) is 0 Å². The average Bonchev–Trinajstić information content (AvgIpc) is 2.73. The normalized spacial score (nSPS) is 12.3. The van der Waals surface area contributed by atoms with Crippen LogP contribution in [0.2, 0.25) is 0 Å². The molecule has 0 aliphatic rings. The summed E-state index contributed by atoms with van der Waals surface area (Å²) in [5.74, 6) is -1.19. The van der Waals surface area contributed by atoms with Gasteiger partial charge in [0.05, 0.1) is 6.20 Å². The standard InChI is InChI=1S/C10H17N3O4S/c1-4-12-9(5-6-11-12)18(16,17)13(8(2)3)7-10(14)15/h5-6,8H,4,7H2,1-3H3,(H,14,15). The molecule has 0 fully saturated rings. The zero-order valence-electron chi connectivity index (χ0n) is 10.6. The van der Waals surface area contributed by atoms with Gasteiger partial charge in [0, 0.05) is 12.6 Å². The SMILES string of the molecule is CCn1nccc1S(=O)(=O)N(CC(=O)O)C(C)C. The van der Waals surface area contributed by atoms with Crippen LogP contribution in [0.3, 0.4) is 0 Å². The summed E-state index contributed by atoms with van der Waals surface area (Å²) >= 11 is 0. The van der Waals surface area contributed by atoms with Crippen molar-refractivity contribution in [2.75, 3.05) is 6.54 Å². The van der Waals surface area contributed by atoms with Gasteiger partial charge in [-0.2, -0.15) is 9.40 Å². The van der Waals surface area contributed by atoms with Gasteiger partial charge < -0.3 is 5.11 Å². The minimum absolute atomic E-state index is 0.0138. The molecular weight excluding hydrogens is 258 g/mol. The third-order valence-electron chi connectivity index (χ3n) is 2.42. The monoisotopic (exact) mass is 275 g/mol. The second kappa shape index (κ2) is 5.49. The minimum atomic E-state index is -3.84. The lowest BCUT2D eigenvalue weighted by atomic mass is 10.4. The van der Waals surface area contributed by atoms with Crippen molar-refractivity contribution in [1.29, 1.82) is 0 Å². The molecule has 0 unspecified atom stereocenters. The maximum atomic E-state index is 12.4. The molecule has 0 amide bonds. The summed E-state index contributed by atoms with van der Waals surface area (Å²) in [6, 6.07) is 0.932. The summed E-state index contributed by atoms with van der Waals surface area (Å²) in [7, 11) is -3.84. The van der Waals surface area contributed by atoms with Crippen molar-refractivity contribution in [3.05, 3.63) is 12.3 Å². The first-order valence-corrected chi connectivity index (χ1v) is 7.00. The molecule has 0 atom stereocenters. The van der Waals surface area contributed by atoms with Gasteiger partial charge in [0.25, 0.3) is 10.0 Å². The third kappa shape index (κ3) is 2.88. The fourth-order valence-electron chi connectivity index (χ4n) is 1.58. The molecule has 1 heterocycles. The van der Waals surface area contributed by atoms with Crippen LogP contribution in [-0.2, 0) is 21.4 Å². The van der Waals surface area contributed by atoms with Gasteiger partial charge in [-0.3, -0.25) is 9.48 Å². The molecule has 0 bridgehead atoms. The molecule has 102 valence electrons. The van der Waals surface area contributed by atoms with E-state index in [9.17, 15) is 13.2 Å². The molecule has 1 aromatic heterocycles. The lowest BCUT2D eigenvalue weighted by Gasteiger charge is -2.24. The molecule has 0 spiro atoms. The van der Waals surface area contributed by atoms with E-state index in [0.29, 0.717) is 6.54 Å². The number of carboxylic acid groups (broad SMARTS) is 1. The Bertz CT molecular complexity index is 521. The summed E-state index contributed by atoms with van der Waals surface area (Å²) in [5.41, 5.74) is 0. The highest BCUT2D eigenvalue weighted by atomic mass is 32.2. The van der Waals surface area contributed by atoms with Crippen molar-refractivity contribution in [2.24, 2.45) is 0 Å². The van der Waals surface area contributed by atoms with E-state index in [0.717, 1.165) is 4.31 Å². The Morgan fingerprint density at radius 1 is 1.56 bits per heavy atom. The maximum absolute atomic E-state index is 12.4. The van der Waals surface area contributed by atoms with Crippen molar-refractivity contribution >= 4 is 16.0 Å². The number of carbonyl (C=O) groups is 1. The number of hydrogen-bond donors (Lipinski definition) is 1. The highest BCUT2D eigenvalue weighted by Gasteiger charge is 2.31. The molecule has 18 heavy (non-hydrogen) atoms. The first kappa shape index (κ1) is 14.7. The van der Waals surface area contributed by atoms with Gasteiger partial charge in [-0.25, -0.2) is 8.42 Å². The number of aliphatic carboxylic acids is 1. The van der Waals surface area contributed by atoms with Gasteiger partial charge in [0.2, 0.25) is 0 Å². The Morgan fingerprint density at radius 3 is 2.61 bits per heavy atom. The largest absolute Gasteiger partial charge is 0.480 e. The molecule has 7 nitrogen and oxygen atoms in total. The fourth-order valence-corrected chi connectivity index (χ4v) is 3.33. The molecule has 0 saturated heterocycles. The molecule has 0 aliphatic heterocycles. The molecule has 1 aromatic rings. The molecule has 1 rings (SSSR count). The first-order chi connectivity index (χ1) is 8.30. The average molecular weight is 275 g/mol. The van der Waals surface area contributed by atoms with Crippen molar-refractivity contribution in [2.45, 2.75) is 38.4 Å². The van der Waals surface area contributed by atoms with Crippen molar-refractivity contribution in [1.82, 2.24) is 14.1 Å². The number of aryl methyl sites for hydroxylation is 1. The van der Waals surface area contributed by atoms with Crippen molar-refractivity contribution in [3.63, 3.8) is 0 Å². The smallest absolute Gasteiger partial charge is 0.318 e. The number of carboxylic acids is 1. The molecule has 0 radical (unpaired) electrons. The molecule has 8 heteroatoms. The predicted octanol–water partition coefficient (Wildman–Crippen LogP) is 0.387. The van der Waals surface area contributed by atoms with Crippen LogP contribution in [0, 0.1) is 0 Å². The number of aromatic nitrogens is 2. The first-order valence-electron chi connectivity index (χ1n) is 5.56. The van der Waals surface area contributed by atoms with E-state index < -0.39 is 28.6 Å². The number of hydrogen-bond acceptors (Lipinski definition) is 4. The molecule has 0 aromatic carbocycles. The van der Waals surface area contributed by atoms with Gasteiger partial charge in [-0.05, 0) is 26.8 Å². The van der Waals surface area contributed by atoms with Gasteiger partial charge in [0.15, 0.2) is 5.03 Å². The van der Waals surface area contributed by atoms with Crippen LogP contribution in [-0.4, -0.2) is 46.2 Å². The number of nitrogens with zero attached hydrogens (tertiary/aromatic N) is 3. The van der Waals surface area contributed by atoms with Crippen LogP contribution in [0.5, 0.6) is 0 Å². The zero-order valence-corrected chi connectivity index (χ0v) is 11.4. The molecule has 0 aliphatic carbocycles. The van der Waals surface area contributed by atoms with Crippen LogP contribution in [0.15, 0.2) is 17.3 Å². The summed E-state index contributed by atoms with van der Waals surface area (Å²) in [4.78, 5) is 10.8. The lowest BCUT2D eigenvalue weighted by molar-refractivity contribution is -0.137. The topological polar surface area (TPSA) is 92.5 Å². The Morgan fingerprint density at radius 2 is 2.17 bits per heavy atom. The lowest BCUT2D eigenvalue weighted by Crippen LogP contribution is -2.41.